The molecule has 0 N–H and O–H groups in total. The number of benzene rings is 2. The van der Waals surface area contributed by atoms with Crippen LogP contribution in [0.3, 0.4) is 0 Å². The van der Waals surface area contributed by atoms with Gasteiger partial charge in [-0.05, 0) is 58.6 Å². The van der Waals surface area contributed by atoms with E-state index in [9.17, 15) is 0 Å². The van der Waals surface area contributed by atoms with Crippen LogP contribution in [0.15, 0.2) is 56.4 Å². The first-order chi connectivity index (χ1) is 11.2. The van der Waals surface area contributed by atoms with Crippen molar-refractivity contribution >= 4 is 60.8 Å². The second-order valence-corrected chi connectivity index (χ2v) is 8.09. The summed E-state index contributed by atoms with van der Waals surface area (Å²) in [6.07, 6.45) is 0. The highest BCUT2D eigenvalue weighted by Crippen LogP contribution is 2.36. The van der Waals surface area contributed by atoms with Gasteiger partial charge in [0.05, 0.1) is 15.4 Å². The molecule has 2 heterocycles. The van der Waals surface area contributed by atoms with E-state index in [0.717, 1.165) is 24.7 Å². The number of aromatic nitrogens is 5. The molecule has 0 radical (unpaired) electrons. The van der Waals surface area contributed by atoms with Gasteiger partial charge in [-0.25, -0.2) is 4.98 Å². The number of halogens is 2. The van der Waals surface area contributed by atoms with E-state index in [1.165, 1.54) is 11.8 Å². The molecule has 0 atom stereocenters. The van der Waals surface area contributed by atoms with Gasteiger partial charge in [-0.1, -0.05) is 33.6 Å². The van der Waals surface area contributed by atoms with Crippen LogP contribution in [-0.2, 0) is 0 Å². The van der Waals surface area contributed by atoms with Crippen molar-refractivity contribution in [3.05, 3.63) is 52.0 Å². The lowest BCUT2D eigenvalue weighted by atomic mass is 10.3. The van der Waals surface area contributed by atoms with Gasteiger partial charge in [0.1, 0.15) is 5.52 Å². The molecule has 0 aliphatic heterocycles. The molecule has 0 unspecified atom stereocenters. The van der Waals surface area contributed by atoms with Crippen molar-refractivity contribution in [2.75, 3.05) is 0 Å². The topological polar surface area (TPSA) is 56.5 Å². The fourth-order valence-corrected chi connectivity index (χ4v) is 4.52. The van der Waals surface area contributed by atoms with E-state index in [1.54, 1.807) is 16.0 Å². The third kappa shape index (κ3) is 2.99. The highest BCUT2D eigenvalue weighted by atomic mass is 79.9. The standard InChI is InChI=1S/C14H7BrClN5S2/c15-8-4-6-9(7-5-8)21-13(18-19-20-21)23-14-17-12-10(16)2-1-3-11(12)22-14/h1-7H. The van der Waals surface area contributed by atoms with Crippen molar-refractivity contribution in [2.24, 2.45) is 0 Å². The average Bonchev–Trinajstić information content (AvgIpc) is 3.16. The predicted molar refractivity (Wildman–Crippen MR) is 95.6 cm³/mol. The number of tetrazole rings is 1. The molecule has 0 saturated carbocycles. The van der Waals surface area contributed by atoms with Crippen molar-refractivity contribution in [1.82, 2.24) is 25.2 Å². The zero-order valence-corrected chi connectivity index (χ0v) is 15.3. The number of rotatable bonds is 3. The van der Waals surface area contributed by atoms with Gasteiger partial charge in [0.15, 0.2) is 4.34 Å². The van der Waals surface area contributed by atoms with Crippen LogP contribution in [0.1, 0.15) is 0 Å². The first kappa shape index (κ1) is 15.1. The molecule has 5 nitrogen and oxygen atoms in total. The van der Waals surface area contributed by atoms with Crippen LogP contribution in [-0.4, -0.2) is 25.2 Å². The minimum absolute atomic E-state index is 0.651. The predicted octanol–water partition coefficient (Wildman–Crippen LogP) is 4.84. The normalized spacial score (nSPS) is 11.2. The summed E-state index contributed by atoms with van der Waals surface area (Å²) >= 11 is 12.6. The SMILES string of the molecule is Clc1cccc2sc(Sc3nnnn3-c3ccc(Br)cc3)nc12. The summed E-state index contributed by atoms with van der Waals surface area (Å²) in [7, 11) is 0. The molecule has 0 spiro atoms. The quantitative estimate of drug-likeness (QED) is 0.471. The zero-order valence-electron chi connectivity index (χ0n) is 11.3. The summed E-state index contributed by atoms with van der Waals surface area (Å²) in [5.74, 6) is 0. The Bertz CT molecular complexity index is 982. The molecule has 114 valence electrons. The fraction of sp³-hybridized carbons (Fsp3) is 0. The number of hydrogen-bond donors (Lipinski definition) is 0. The summed E-state index contributed by atoms with van der Waals surface area (Å²) in [4.78, 5) is 4.57. The number of para-hydroxylation sites is 1. The maximum atomic E-state index is 6.18. The summed E-state index contributed by atoms with van der Waals surface area (Å²) in [6.45, 7) is 0. The first-order valence-corrected chi connectivity index (χ1v) is 9.28. The molecule has 2 aromatic heterocycles. The number of fused-ring (bicyclic) bond motifs is 1. The second kappa shape index (κ2) is 6.20. The van der Waals surface area contributed by atoms with Crippen molar-refractivity contribution in [2.45, 2.75) is 9.50 Å². The molecule has 4 rings (SSSR count). The van der Waals surface area contributed by atoms with Gasteiger partial charge in [0.2, 0.25) is 5.16 Å². The van der Waals surface area contributed by atoms with Crippen molar-refractivity contribution in [1.29, 1.82) is 0 Å². The molecule has 0 saturated heterocycles. The second-order valence-electron chi connectivity index (χ2n) is 4.52. The van der Waals surface area contributed by atoms with Gasteiger partial charge in [0, 0.05) is 4.47 Å². The van der Waals surface area contributed by atoms with Gasteiger partial charge in [0.25, 0.3) is 0 Å². The Morgan fingerprint density at radius 1 is 1.13 bits per heavy atom. The summed E-state index contributed by atoms with van der Waals surface area (Å²) in [6, 6.07) is 13.5. The highest BCUT2D eigenvalue weighted by Gasteiger charge is 2.14. The highest BCUT2D eigenvalue weighted by molar-refractivity contribution is 9.10. The molecule has 0 fully saturated rings. The van der Waals surface area contributed by atoms with E-state index in [4.69, 9.17) is 11.6 Å². The van der Waals surface area contributed by atoms with E-state index in [2.05, 4.69) is 36.4 Å². The Labute approximate surface area is 152 Å². The smallest absolute Gasteiger partial charge is 0.221 e. The third-order valence-electron chi connectivity index (χ3n) is 3.04. The fourth-order valence-electron chi connectivity index (χ4n) is 2.00. The van der Waals surface area contributed by atoms with Gasteiger partial charge in [-0.15, -0.1) is 16.4 Å². The van der Waals surface area contributed by atoms with Crippen molar-refractivity contribution < 1.29 is 0 Å². The van der Waals surface area contributed by atoms with Crippen molar-refractivity contribution in [3.8, 4) is 5.69 Å². The van der Waals surface area contributed by atoms with Gasteiger partial charge >= 0.3 is 0 Å². The summed E-state index contributed by atoms with van der Waals surface area (Å²) < 4.78 is 4.58. The van der Waals surface area contributed by atoms with Gasteiger partial charge in [-0.3, -0.25) is 0 Å². The molecule has 9 heteroatoms. The molecule has 0 amide bonds. The van der Waals surface area contributed by atoms with Crippen LogP contribution in [0.4, 0.5) is 0 Å². The Balaban J connectivity index is 1.70. The Morgan fingerprint density at radius 2 is 1.96 bits per heavy atom. The average molecular weight is 425 g/mol. The van der Waals surface area contributed by atoms with E-state index in [-0.39, 0.29) is 0 Å². The summed E-state index contributed by atoms with van der Waals surface area (Å²) in [5, 5.41) is 13.2. The van der Waals surface area contributed by atoms with Gasteiger partial charge < -0.3 is 0 Å². The number of nitrogens with zero attached hydrogens (tertiary/aromatic N) is 5. The Morgan fingerprint density at radius 3 is 2.74 bits per heavy atom. The molecule has 0 aliphatic rings. The number of thiazole rings is 1. The van der Waals surface area contributed by atoms with Crippen LogP contribution in [0.5, 0.6) is 0 Å². The van der Waals surface area contributed by atoms with Crippen LogP contribution in [0.2, 0.25) is 5.02 Å². The van der Waals surface area contributed by atoms with Crippen LogP contribution < -0.4 is 0 Å². The third-order valence-corrected chi connectivity index (χ3v) is 5.89. The van der Waals surface area contributed by atoms with Crippen molar-refractivity contribution in [3.63, 3.8) is 0 Å². The van der Waals surface area contributed by atoms with E-state index in [0.29, 0.717) is 10.2 Å². The van der Waals surface area contributed by atoms with Crippen LogP contribution in [0, 0.1) is 0 Å². The maximum Gasteiger partial charge on any atom is 0.221 e. The lowest BCUT2D eigenvalue weighted by Crippen LogP contribution is -1.98. The van der Waals surface area contributed by atoms with Crippen LogP contribution in [0.25, 0.3) is 15.9 Å². The molecule has 0 bridgehead atoms. The van der Waals surface area contributed by atoms with E-state index in [1.807, 2.05) is 42.5 Å². The minimum atomic E-state index is 0.651. The lowest BCUT2D eigenvalue weighted by Gasteiger charge is -2.02. The van der Waals surface area contributed by atoms with Crippen LogP contribution >= 0.6 is 50.6 Å². The molecule has 4 aromatic rings. The van der Waals surface area contributed by atoms with Gasteiger partial charge in [-0.2, -0.15) is 4.68 Å². The Hall–Kier alpha value is -1.48. The maximum absolute atomic E-state index is 6.18. The zero-order chi connectivity index (χ0) is 15.8. The van der Waals surface area contributed by atoms with E-state index < -0.39 is 0 Å². The molecular formula is C14H7BrClN5S2. The lowest BCUT2D eigenvalue weighted by molar-refractivity contribution is 0.756. The molecule has 2 aromatic carbocycles. The Kier molecular flexibility index (Phi) is 4.06. The summed E-state index contributed by atoms with van der Waals surface area (Å²) in [5.41, 5.74) is 1.70. The first-order valence-electron chi connectivity index (χ1n) is 6.48. The number of hydrogen-bond acceptors (Lipinski definition) is 6. The largest absolute Gasteiger partial charge is 0.228 e. The monoisotopic (exact) mass is 423 g/mol. The van der Waals surface area contributed by atoms with E-state index >= 15 is 0 Å². The minimum Gasteiger partial charge on any atom is -0.228 e. The molecule has 0 aliphatic carbocycles. The molecule has 23 heavy (non-hydrogen) atoms. The molecular weight excluding hydrogens is 418 g/mol.